The molecule has 8 heteroatoms. The molecule has 0 saturated carbocycles. The summed E-state index contributed by atoms with van der Waals surface area (Å²) >= 11 is 0. The Balaban J connectivity index is 2.09. The molecule has 0 radical (unpaired) electrons. The van der Waals surface area contributed by atoms with Crippen LogP contribution in [0.15, 0.2) is 30.7 Å². The van der Waals surface area contributed by atoms with Gasteiger partial charge in [0.15, 0.2) is 5.69 Å². The molecular weight excluding hydrogens is 238 g/mol. The third kappa shape index (κ3) is 2.61. The molecular formula is C10H9N5O3. The highest BCUT2D eigenvalue weighted by Gasteiger charge is 2.13. The van der Waals surface area contributed by atoms with Crippen LogP contribution in [0.2, 0.25) is 0 Å². The number of nitrogens with one attached hydrogen (secondary N) is 3. The van der Waals surface area contributed by atoms with E-state index in [2.05, 4.69) is 25.8 Å². The largest absolute Gasteiger partial charge is 0.476 e. The number of hydrogen-bond acceptors (Lipinski definition) is 4. The van der Waals surface area contributed by atoms with E-state index in [1.54, 1.807) is 0 Å². The van der Waals surface area contributed by atoms with Crippen LogP contribution in [0.1, 0.15) is 10.5 Å². The van der Waals surface area contributed by atoms with Gasteiger partial charge >= 0.3 is 12.0 Å². The van der Waals surface area contributed by atoms with Crippen molar-refractivity contribution in [3.63, 3.8) is 0 Å². The average Bonchev–Trinajstić information content (AvgIpc) is 2.82. The second-order valence-electron chi connectivity index (χ2n) is 3.27. The predicted octanol–water partition coefficient (Wildman–Crippen LogP) is 1.15. The molecule has 0 aliphatic rings. The molecule has 2 rings (SSSR count). The number of carbonyl (C=O) groups excluding carboxylic acids is 1. The molecule has 0 fully saturated rings. The van der Waals surface area contributed by atoms with Crippen LogP contribution < -0.4 is 10.6 Å². The van der Waals surface area contributed by atoms with Gasteiger partial charge in [0.05, 0.1) is 17.6 Å². The SMILES string of the molecule is O=C(Nc1cn[nH]c1)Nc1cccnc1C(=O)O. The van der Waals surface area contributed by atoms with Crippen molar-refractivity contribution in [2.45, 2.75) is 0 Å². The van der Waals surface area contributed by atoms with Gasteiger partial charge in [-0.1, -0.05) is 0 Å². The minimum Gasteiger partial charge on any atom is -0.476 e. The van der Waals surface area contributed by atoms with Gasteiger partial charge < -0.3 is 15.7 Å². The lowest BCUT2D eigenvalue weighted by Crippen LogP contribution is -2.21. The third-order valence-electron chi connectivity index (χ3n) is 2.01. The van der Waals surface area contributed by atoms with E-state index in [-0.39, 0.29) is 11.4 Å². The maximum atomic E-state index is 11.6. The number of anilines is 2. The summed E-state index contributed by atoms with van der Waals surface area (Å²) in [6, 6.07) is 2.40. The Morgan fingerprint density at radius 2 is 2.17 bits per heavy atom. The van der Waals surface area contributed by atoms with Crippen molar-refractivity contribution in [3.8, 4) is 0 Å². The summed E-state index contributed by atoms with van der Waals surface area (Å²) in [5.41, 5.74) is 0.360. The van der Waals surface area contributed by atoms with Gasteiger partial charge in [0.2, 0.25) is 0 Å². The number of carbonyl (C=O) groups is 2. The Morgan fingerprint density at radius 3 is 2.83 bits per heavy atom. The van der Waals surface area contributed by atoms with E-state index in [4.69, 9.17) is 5.11 Å². The number of carboxylic acid groups (broad SMARTS) is 1. The Labute approximate surface area is 101 Å². The van der Waals surface area contributed by atoms with Crippen LogP contribution in [0.4, 0.5) is 16.2 Å². The van der Waals surface area contributed by atoms with E-state index in [0.29, 0.717) is 5.69 Å². The summed E-state index contributed by atoms with van der Waals surface area (Å²) in [6.07, 6.45) is 4.24. The topological polar surface area (TPSA) is 120 Å². The van der Waals surface area contributed by atoms with Crippen LogP contribution in [-0.4, -0.2) is 32.3 Å². The number of aromatic carboxylic acids is 1. The first-order chi connectivity index (χ1) is 8.66. The molecule has 2 aromatic rings. The Bertz CT molecular complexity index is 567. The molecule has 92 valence electrons. The maximum Gasteiger partial charge on any atom is 0.356 e. The molecule has 2 heterocycles. The van der Waals surface area contributed by atoms with Crippen molar-refractivity contribution in [2.24, 2.45) is 0 Å². The molecule has 0 spiro atoms. The van der Waals surface area contributed by atoms with Crippen molar-refractivity contribution in [3.05, 3.63) is 36.4 Å². The third-order valence-corrected chi connectivity index (χ3v) is 2.01. The highest BCUT2D eigenvalue weighted by Crippen LogP contribution is 2.12. The monoisotopic (exact) mass is 247 g/mol. The number of pyridine rings is 1. The second kappa shape index (κ2) is 4.95. The first-order valence-corrected chi connectivity index (χ1v) is 4.92. The Kier molecular flexibility index (Phi) is 3.19. The summed E-state index contributed by atoms with van der Waals surface area (Å²) < 4.78 is 0. The van der Waals surface area contributed by atoms with Gasteiger partial charge in [0.1, 0.15) is 0 Å². The smallest absolute Gasteiger partial charge is 0.356 e. The van der Waals surface area contributed by atoms with Gasteiger partial charge in [-0.25, -0.2) is 14.6 Å². The summed E-state index contributed by atoms with van der Waals surface area (Å²) in [5.74, 6) is -1.21. The van der Waals surface area contributed by atoms with Gasteiger partial charge in [-0.05, 0) is 12.1 Å². The summed E-state index contributed by atoms with van der Waals surface area (Å²) in [4.78, 5) is 26.1. The summed E-state index contributed by atoms with van der Waals surface area (Å²) in [5, 5.41) is 19.9. The van der Waals surface area contributed by atoms with E-state index in [1.807, 2.05) is 0 Å². The van der Waals surface area contributed by atoms with Crippen LogP contribution in [0.3, 0.4) is 0 Å². The number of carboxylic acids is 1. The minimum absolute atomic E-state index is 0.117. The zero-order valence-corrected chi connectivity index (χ0v) is 9.04. The highest BCUT2D eigenvalue weighted by atomic mass is 16.4. The van der Waals surface area contributed by atoms with Gasteiger partial charge in [-0.2, -0.15) is 5.10 Å². The fraction of sp³-hybridized carbons (Fsp3) is 0. The molecule has 2 aromatic heterocycles. The van der Waals surface area contributed by atoms with Crippen molar-refractivity contribution in [2.75, 3.05) is 10.6 Å². The zero-order chi connectivity index (χ0) is 13.0. The fourth-order valence-corrected chi connectivity index (χ4v) is 1.28. The van der Waals surface area contributed by atoms with Crippen LogP contribution in [0.5, 0.6) is 0 Å². The molecule has 2 amide bonds. The van der Waals surface area contributed by atoms with Crippen molar-refractivity contribution >= 4 is 23.4 Å². The molecule has 18 heavy (non-hydrogen) atoms. The van der Waals surface area contributed by atoms with Crippen molar-refractivity contribution in [1.82, 2.24) is 15.2 Å². The predicted molar refractivity (Wildman–Crippen MR) is 62.4 cm³/mol. The van der Waals surface area contributed by atoms with Gasteiger partial charge in [-0.15, -0.1) is 0 Å². The fourth-order valence-electron chi connectivity index (χ4n) is 1.28. The lowest BCUT2D eigenvalue weighted by Gasteiger charge is -2.07. The zero-order valence-electron chi connectivity index (χ0n) is 9.04. The normalized spacial score (nSPS) is 9.78. The molecule has 0 atom stereocenters. The number of H-pyrrole nitrogens is 1. The van der Waals surface area contributed by atoms with E-state index < -0.39 is 12.0 Å². The van der Waals surface area contributed by atoms with E-state index in [9.17, 15) is 9.59 Å². The maximum absolute atomic E-state index is 11.6. The number of aromatic nitrogens is 3. The van der Waals surface area contributed by atoms with Crippen molar-refractivity contribution < 1.29 is 14.7 Å². The molecule has 0 unspecified atom stereocenters. The van der Waals surface area contributed by atoms with E-state index in [1.165, 1.54) is 30.7 Å². The lowest BCUT2D eigenvalue weighted by molar-refractivity contribution is 0.0692. The number of amides is 2. The molecule has 0 saturated heterocycles. The number of hydrogen-bond donors (Lipinski definition) is 4. The quantitative estimate of drug-likeness (QED) is 0.648. The number of aromatic amines is 1. The van der Waals surface area contributed by atoms with Gasteiger partial charge in [0.25, 0.3) is 0 Å². The van der Waals surface area contributed by atoms with Crippen LogP contribution in [-0.2, 0) is 0 Å². The molecule has 0 aliphatic heterocycles. The van der Waals surface area contributed by atoms with E-state index in [0.717, 1.165) is 0 Å². The number of rotatable bonds is 3. The molecule has 0 aliphatic carbocycles. The first-order valence-electron chi connectivity index (χ1n) is 4.92. The molecule has 8 nitrogen and oxygen atoms in total. The van der Waals surface area contributed by atoms with Crippen LogP contribution in [0.25, 0.3) is 0 Å². The minimum atomic E-state index is -1.21. The number of urea groups is 1. The summed E-state index contributed by atoms with van der Waals surface area (Å²) in [6.45, 7) is 0. The van der Waals surface area contributed by atoms with Crippen molar-refractivity contribution in [1.29, 1.82) is 0 Å². The first kappa shape index (κ1) is 11.6. The second-order valence-corrected chi connectivity index (χ2v) is 3.27. The number of nitrogens with zero attached hydrogens (tertiary/aromatic N) is 2. The Morgan fingerprint density at radius 1 is 1.33 bits per heavy atom. The van der Waals surface area contributed by atoms with Gasteiger partial charge in [0, 0.05) is 12.4 Å². The molecule has 0 aromatic carbocycles. The van der Waals surface area contributed by atoms with Crippen LogP contribution >= 0.6 is 0 Å². The lowest BCUT2D eigenvalue weighted by atomic mass is 10.3. The highest BCUT2D eigenvalue weighted by molar-refractivity contribution is 6.03. The molecule has 0 bridgehead atoms. The summed E-state index contributed by atoms with van der Waals surface area (Å²) in [7, 11) is 0. The van der Waals surface area contributed by atoms with E-state index >= 15 is 0 Å². The standard InChI is InChI=1S/C10H9N5O3/c16-9(17)8-7(2-1-3-11-8)15-10(18)14-6-4-12-13-5-6/h1-5H,(H,12,13)(H,16,17)(H2,14,15,18). The average molecular weight is 247 g/mol. The molecule has 4 N–H and O–H groups in total. The van der Waals surface area contributed by atoms with Crippen LogP contribution in [0, 0.1) is 0 Å². The van der Waals surface area contributed by atoms with Gasteiger partial charge in [-0.3, -0.25) is 5.10 Å². The Hall–Kier alpha value is -2.90.